The van der Waals surface area contributed by atoms with Crippen LogP contribution in [0.4, 0.5) is 0 Å². The van der Waals surface area contributed by atoms with E-state index in [0.29, 0.717) is 0 Å². The summed E-state index contributed by atoms with van der Waals surface area (Å²) in [5.74, 6) is 0.976. The van der Waals surface area contributed by atoms with Gasteiger partial charge in [0.15, 0.2) is 0 Å². The Balaban J connectivity index is 1.87. The summed E-state index contributed by atoms with van der Waals surface area (Å²) in [6.45, 7) is 5.93. The van der Waals surface area contributed by atoms with Crippen molar-refractivity contribution in [3.05, 3.63) is 59.0 Å². The molecule has 0 atom stereocenters. The van der Waals surface area contributed by atoms with Crippen LogP contribution in [-0.2, 0) is 13.1 Å². The first-order chi connectivity index (χ1) is 7.75. The third kappa shape index (κ3) is 2.74. The molecule has 2 rings (SSSR count). The highest BCUT2D eigenvalue weighted by atomic mass is 16.3. The second-order valence-corrected chi connectivity index (χ2v) is 4.10. The van der Waals surface area contributed by atoms with E-state index in [1.54, 1.807) is 6.26 Å². The van der Waals surface area contributed by atoms with Gasteiger partial charge in [-0.05, 0) is 42.7 Å². The van der Waals surface area contributed by atoms with Gasteiger partial charge in [0.1, 0.15) is 5.76 Å². The number of hydrogen-bond donors (Lipinski definition) is 1. The second-order valence-electron chi connectivity index (χ2n) is 4.10. The average molecular weight is 215 g/mol. The number of aryl methyl sites for hydroxylation is 2. The van der Waals surface area contributed by atoms with Crippen molar-refractivity contribution in [1.82, 2.24) is 5.32 Å². The van der Waals surface area contributed by atoms with Crippen LogP contribution in [0.5, 0.6) is 0 Å². The summed E-state index contributed by atoms with van der Waals surface area (Å²) in [5.41, 5.74) is 4.00. The largest absolute Gasteiger partial charge is 0.468 e. The number of benzene rings is 1. The molecule has 2 nitrogen and oxygen atoms in total. The Kier molecular flexibility index (Phi) is 3.42. The zero-order valence-electron chi connectivity index (χ0n) is 9.79. The maximum atomic E-state index is 5.25. The van der Waals surface area contributed by atoms with Crippen molar-refractivity contribution >= 4 is 0 Å². The maximum absolute atomic E-state index is 5.25. The van der Waals surface area contributed by atoms with Crippen LogP contribution < -0.4 is 5.32 Å². The van der Waals surface area contributed by atoms with E-state index < -0.39 is 0 Å². The molecule has 0 aliphatic carbocycles. The Morgan fingerprint density at radius 3 is 2.62 bits per heavy atom. The zero-order chi connectivity index (χ0) is 11.4. The fourth-order valence-electron chi connectivity index (χ4n) is 1.66. The molecule has 0 saturated carbocycles. The summed E-state index contributed by atoms with van der Waals surface area (Å²) in [4.78, 5) is 0. The second kappa shape index (κ2) is 4.99. The van der Waals surface area contributed by atoms with E-state index in [4.69, 9.17) is 4.42 Å². The molecule has 0 radical (unpaired) electrons. The van der Waals surface area contributed by atoms with Gasteiger partial charge in [0.05, 0.1) is 12.8 Å². The Morgan fingerprint density at radius 1 is 1.06 bits per heavy atom. The highest BCUT2D eigenvalue weighted by molar-refractivity contribution is 5.29. The molecule has 1 aromatic carbocycles. The van der Waals surface area contributed by atoms with Gasteiger partial charge < -0.3 is 9.73 Å². The molecular weight excluding hydrogens is 198 g/mol. The Hall–Kier alpha value is -1.54. The SMILES string of the molecule is Cc1ccc(CNCc2ccco2)cc1C. The third-order valence-corrected chi connectivity index (χ3v) is 2.78. The lowest BCUT2D eigenvalue weighted by Gasteiger charge is -2.06. The summed E-state index contributed by atoms with van der Waals surface area (Å²) in [6, 6.07) is 10.4. The predicted molar refractivity (Wildman–Crippen MR) is 65.2 cm³/mol. The zero-order valence-corrected chi connectivity index (χ0v) is 9.79. The van der Waals surface area contributed by atoms with Crippen molar-refractivity contribution in [3.63, 3.8) is 0 Å². The normalized spacial score (nSPS) is 10.6. The molecule has 16 heavy (non-hydrogen) atoms. The third-order valence-electron chi connectivity index (χ3n) is 2.78. The molecule has 2 heteroatoms. The topological polar surface area (TPSA) is 25.2 Å². The standard InChI is InChI=1S/C14H17NO/c1-11-5-6-13(8-12(11)2)9-15-10-14-4-3-7-16-14/h3-8,15H,9-10H2,1-2H3. The van der Waals surface area contributed by atoms with Crippen LogP contribution in [0.2, 0.25) is 0 Å². The van der Waals surface area contributed by atoms with Crippen LogP contribution in [0.1, 0.15) is 22.5 Å². The fraction of sp³-hybridized carbons (Fsp3) is 0.286. The first-order valence-corrected chi connectivity index (χ1v) is 5.55. The molecule has 0 bridgehead atoms. The van der Waals surface area contributed by atoms with Crippen molar-refractivity contribution in [1.29, 1.82) is 0 Å². The highest BCUT2D eigenvalue weighted by Gasteiger charge is 1.98. The minimum Gasteiger partial charge on any atom is -0.468 e. The van der Waals surface area contributed by atoms with E-state index in [1.807, 2.05) is 12.1 Å². The van der Waals surface area contributed by atoms with Crippen molar-refractivity contribution in [2.24, 2.45) is 0 Å². The van der Waals surface area contributed by atoms with E-state index in [0.717, 1.165) is 18.8 Å². The number of hydrogen-bond acceptors (Lipinski definition) is 2. The number of rotatable bonds is 4. The van der Waals surface area contributed by atoms with Gasteiger partial charge in [0, 0.05) is 6.54 Å². The summed E-state index contributed by atoms with van der Waals surface area (Å²) < 4.78 is 5.25. The molecule has 0 unspecified atom stereocenters. The quantitative estimate of drug-likeness (QED) is 0.847. The first-order valence-electron chi connectivity index (χ1n) is 5.55. The number of furan rings is 1. The van der Waals surface area contributed by atoms with E-state index in [2.05, 4.69) is 37.4 Å². The molecule has 1 heterocycles. The van der Waals surface area contributed by atoms with E-state index in [1.165, 1.54) is 16.7 Å². The van der Waals surface area contributed by atoms with Gasteiger partial charge >= 0.3 is 0 Å². The minimum absolute atomic E-state index is 0.778. The molecule has 1 aromatic heterocycles. The van der Waals surface area contributed by atoms with Crippen molar-refractivity contribution in [2.45, 2.75) is 26.9 Å². The van der Waals surface area contributed by atoms with Crippen molar-refractivity contribution in [2.75, 3.05) is 0 Å². The molecule has 0 spiro atoms. The number of nitrogens with one attached hydrogen (secondary N) is 1. The molecule has 0 amide bonds. The van der Waals surface area contributed by atoms with Gasteiger partial charge in [-0.15, -0.1) is 0 Å². The van der Waals surface area contributed by atoms with Gasteiger partial charge in [0.25, 0.3) is 0 Å². The first kappa shape index (κ1) is 11.0. The molecule has 0 aliphatic heterocycles. The summed E-state index contributed by atoms with van der Waals surface area (Å²) in [5, 5.41) is 3.36. The Bertz CT molecular complexity index is 446. The van der Waals surface area contributed by atoms with Crippen molar-refractivity contribution < 1.29 is 4.42 Å². The van der Waals surface area contributed by atoms with Crippen LogP contribution in [0, 0.1) is 13.8 Å². The lowest BCUT2D eigenvalue weighted by molar-refractivity contribution is 0.483. The van der Waals surface area contributed by atoms with Crippen LogP contribution in [0.3, 0.4) is 0 Å². The van der Waals surface area contributed by atoms with Crippen molar-refractivity contribution in [3.8, 4) is 0 Å². The van der Waals surface area contributed by atoms with Crippen LogP contribution in [0.15, 0.2) is 41.0 Å². The van der Waals surface area contributed by atoms with Gasteiger partial charge in [-0.25, -0.2) is 0 Å². The monoisotopic (exact) mass is 215 g/mol. The lowest BCUT2D eigenvalue weighted by Crippen LogP contribution is -2.12. The Labute approximate surface area is 96.3 Å². The highest BCUT2D eigenvalue weighted by Crippen LogP contribution is 2.09. The molecule has 0 saturated heterocycles. The predicted octanol–water partition coefficient (Wildman–Crippen LogP) is 3.19. The van der Waals surface area contributed by atoms with Gasteiger partial charge in [-0.3, -0.25) is 0 Å². The van der Waals surface area contributed by atoms with Crippen LogP contribution in [0.25, 0.3) is 0 Å². The van der Waals surface area contributed by atoms with Crippen LogP contribution >= 0.6 is 0 Å². The summed E-state index contributed by atoms with van der Waals surface area (Å²) in [7, 11) is 0. The lowest BCUT2D eigenvalue weighted by atomic mass is 10.1. The smallest absolute Gasteiger partial charge is 0.117 e. The Morgan fingerprint density at radius 2 is 1.94 bits per heavy atom. The van der Waals surface area contributed by atoms with E-state index in [-0.39, 0.29) is 0 Å². The van der Waals surface area contributed by atoms with Gasteiger partial charge in [-0.1, -0.05) is 18.2 Å². The summed E-state index contributed by atoms with van der Waals surface area (Å²) >= 11 is 0. The van der Waals surface area contributed by atoms with E-state index >= 15 is 0 Å². The molecule has 2 aromatic rings. The minimum atomic E-state index is 0.778. The molecule has 1 N–H and O–H groups in total. The summed E-state index contributed by atoms with van der Waals surface area (Å²) in [6.07, 6.45) is 1.70. The molecule has 0 aliphatic rings. The molecular formula is C14H17NO. The van der Waals surface area contributed by atoms with Gasteiger partial charge in [0.2, 0.25) is 0 Å². The molecule has 0 fully saturated rings. The fourth-order valence-corrected chi connectivity index (χ4v) is 1.66. The average Bonchev–Trinajstić information content (AvgIpc) is 2.76. The van der Waals surface area contributed by atoms with Crippen LogP contribution in [-0.4, -0.2) is 0 Å². The van der Waals surface area contributed by atoms with E-state index in [9.17, 15) is 0 Å². The maximum Gasteiger partial charge on any atom is 0.117 e. The van der Waals surface area contributed by atoms with Gasteiger partial charge in [-0.2, -0.15) is 0 Å². The molecule has 84 valence electrons.